The molecule has 1 aliphatic carbocycles. The molecule has 0 bridgehead atoms. The van der Waals surface area contributed by atoms with Crippen molar-refractivity contribution in [3.05, 3.63) is 41.0 Å². The number of rotatable bonds is 6. The number of hydrogen-bond acceptors (Lipinski definition) is 5. The van der Waals surface area contributed by atoms with E-state index in [1.54, 1.807) is 6.92 Å². The molecular weight excluding hydrogens is 280 g/mol. The van der Waals surface area contributed by atoms with Gasteiger partial charge in [0.25, 0.3) is 5.89 Å². The second-order valence-electron chi connectivity index (χ2n) is 5.07. The molecule has 112 valence electrons. The van der Waals surface area contributed by atoms with Gasteiger partial charge >= 0.3 is 0 Å². The summed E-state index contributed by atoms with van der Waals surface area (Å²) < 4.78 is 37.7. The highest BCUT2D eigenvalue weighted by Gasteiger charge is 2.21. The number of halogens is 2. The number of aryl methyl sites for hydroxylation is 1. The van der Waals surface area contributed by atoms with E-state index in [2.05, 4.69) is 15.5 Å². The van der Waals surface area contributed by atoms with Gasteiger partial charge in [-0.15, -0.1) is 0 Å². The van der Waals surface area contributed by atoms with Crippen molar-refractivity contribution < 1.29 is 18.0 Å². The van der Waals surface area contributed by atoms with Crippen LogP contribution in [0.15, 0.2) is 16.7 Å². The van der Waals surface area contributed by atoms with E-state index in [9.17, 15) is 8.78 Å². The summed E-state index contributed by atoms with van der Waals surface area (Å²) in [6, 6.07) is 3.02. The normalized spacial score (nSPS) is 14.4. The zero-order valence-corrected chi connectivity index (χ0v) is 11.5. The second kappa shape index (κ2) is 5.77. The van der Waals surface area contributed by atoms with E-state index < -0.39 is 17.4 Å². The molecule has 2 aromatic rings. The molecular formula is C14H15F2N3O2. The zero-order valence-electron chi connectivity index (χ0n) is 11.5. The Kier molecular flexibility index (Phi) is 3.83. The highest BCUT2D eigenvalue weighted by molar-refractivity contribution is 5.31. The van der Waals surface area contributed by atoms with Crippen molar-refractivity contribution in [1.82, 2.24) is 15.5 Å². The van der Waals surface area contributed by atoms with Gasteiger partial charge in [-0.3, -0.25) is 0 Å². The molecule has 1 heterocycles. The van der Waals surface area contributed by atoms with Crippen LogP contribution in [-0.4, -0.2) is 16.2 Å². The van der Waals surface area contributed by atoms with Crippen LogP contribution < -0.4 is 10.1 Å². The molecule has 1 N–H and O–H groups in total. The maximum Gasteiger partial charge on any atom is 0.264 e. The average molecular weight is 295 g/mol. The van der Waals surface area contributed by atoms with Gasteiger partial charge in [-0.2, -0.15) is 4.98 Å². The van der Waals surface area contributed by atoms with E-state index in [4.69, 9.17) is 9.26 Å². The first-order valence-electron chi connectivity index (χ1n) is 6.75. The molecule has 21 heavy (non-hydrogen) atoms. The van der Waals surface area contributed by atoms with Gasteiger partial charge in [0.15, 0.2) is 29.8 Å². The van der Waals surface area contributed by atoms with E-state index in [-0.39, 0.29) is 12.5 Å². The standard InChI is InChI=1S/C14H15F2N3O2/c1-8-18-13(21-19-8)7-20-14-11(15)4-9(5-12(14)16)6-17-10-2-3-10/h4-5,10,17H,2-3,6-7H2,1H3. The van der Waals surface area contributed by atoms with Crippen LogP contribution in [0.4, 0.5) is 8.78 Å². The third kappa shape index (κ3) is 3.55. The molecule has 5 nitrogen and oxygen atoms in total. The molecule has 1 saturated carbocycles. The minimum atomic E-state index is -0.737. The highest BCUT2D eigenvalue weighted by Crippen LogP contribution is 2.25. The molecule has 7 heteroatoms. The van der Waals surface area contributed by atoms with Crippen LogP contribution >= 0.6 is 0 Å². The largest absolute Gasteiger partial charge is 0.478 e. The number of benzene rings is 1. The smallest absolute Gasteiger partial charge is 0.264 e. The lowest BCUT2D eigenvalue weighted by atomic mass is 10.2. The van der Waals surface area contributed by atoms with E-state index in [0.29, 0.717) is 24.0 Å². The van der Waals surface area contributed by atoms with Gasteiger partial charge in [-0.05, 0) is 37.5 Å². The van der Waals surface area contributed by atoms with Crippen LogP contribution in [0.1, 0.15) is 30.1 Å². The molecule has 0 saturated heterocycles. The second-order valence-corrected chi connectivity index (χ2v) is 5.07. The first kappa shape index (κ1) is 13.9. The van der Waals surface area contributed by atoms with Crippen LogP contribution in [0.25, 0.3) is 0 Å². The Balaban J connectivity index is 1.66. The maximum absolute atomic E-state index is 13.9. The van der Waals surface area contributed by atoms with E-state index in [1.807, 2.05) is 0 Å². The molecule has 0 spiro atoms. The fourth-order valence-electron chi connectivity index (χ4n) is 1.93. The summed E-state index contributed by atoms with van der Waals surface area (Å²) in [5.74, 6) is -1.29. The van der Waals surface area contributed by atoms with Crippen molar-refractivity contribution in [1.29, 1.82) is 0 Å². The lowest BCUT2D eigenvalue weighted by molar-refractivity contribution is 0.224. The van der Waals surface area contributed by atoms with E-state index in [1.165, 1.54) is 12.1 Å². The zero-order chi connectivity index (χ0) is 14.8. The summed E-state index contributed by atoms with van der Waals surface area (Å²) in [4.78, 5) is 3.90. The number of nitrogens with zero attached hydrogens (tertiary/aromatic N) is 2. The predicted molar refractivity (Wildman–Crippen MR) is 69.6 cm³/mol. The van der Waals surface area contributed by atoms with Crippen molar-refractivity contribution in [3.63, 3.8) is 0 Å². The van der Waals surface area contributed by atoms with Gasteiger partial charge < -0.3 is 14.6 Å². The predicted octanol–water partition coefficient (Wildman–Crippen LogP) is 2.49. The molecule has 1 aromatic carbocycles. The lowest BCUT2D eigenvalue weighted by Crippen LogP contribution is -2.15. The fraction of sp³-hybridized carbons (Fsp3) is 0.429. The van der Waals surface area contributed by atoms with E-state index in [0.717, 1.165) is 12.8 Å². The van der Waals surface area contributed by atoms with Crippen LogP contribution in [0.3, 0.4) is 0 Å². The van der Waals surface area contributed by atoms with Crippen molar-refractivity contribution in [2.24, 2.45) is 0 Å². The van der Waals surface area contributed by atoms with Crippen LogP contribution in [0.5, 0.6) is 5.75 Å². The third-order valence-corrected chi connectivity index (χ3v) is 3.14. The van der Waals surface area contributed by atoms with Gasteiger partial charge in [0.05, 0.1) is 0 Å². The Morgan fingerprint density at radius 2 is 2.05 bits per heavy atom. The molecule has 0 unspecified atom stereocenters. The van der Waals surface area contributed by atoms with Gasteiger partial charge in [0, 0.05) is 12.6 Å². The summed E-state index contributed by atoms with van der Waals surface area (Å²) in [6.07, 6.45) is 2.24. The van der Waals surface area contributed by atoms with Gasteiger partial charge in [0.1, 0.15) is 0 Å². The molecule has 0 radical (unpaired) electrons. The van der Waals surface area contributed by atoms with Crippen LogP contribution in [0, 0.1) is 18.6 Å². The number of ether oxygens (including phenoxy) is 1. The Morgan fingerprint density at radius 1 is 1.33 bits per heavy atom. The molecule has 0 amide bonds. The Labute approximate surface area is 120 Å². The quantitative estimate of drug-likeness (QED) is 0.887. The van der Waals surface area contributed by atoms with E-state index >= 15 is 0 Å². The Bertz CT molecular complexity index is 618. The average Bonchev–Trinajstić information content (AvgIpc) is 3.17. The van der Waals surface area contributed by atoms with Gasteiger partial charge in [-0.1, -0.05) is 5.16 Å². The molecule has 1 aromatic heterocycles. The highest BCUT2D eigenvalue weighted by atomic mass is 19.1. The van der Waals surface area contributed by atoms with Crippen LogP contribution in [-0.2, 0) is 13.2 Å². The summed E-state index contributed by atoms with van der Waals surface area (Å²) in [5.41, 5.74) is 0.554. The molecule has 3 rings (SSSR count). The summed E-state index contributed by atoms with van der Waals surface area (Å²) in [7, 11) is 0. The molecule has 1 aliphatic rings. The van der Waals surface area contributed by atoms with Gasteiger partial charge in [0.2, 0.25) is 0 Å². The maximum atomic E-state index is 13.9. The molecule has 1 fully saturated rings. The summed E-state index contributed by atoms with van der Waals surface area (Å²) in [5, 5.41) is 6.77. The lowest BCUT2D eigenvalue weighted by Gasteiger charge is -2.09. The fourth-order valence-corrected chi connectivity index (χ4v) is 1.93. The minimum Gasteiger partial charge on any atom is -0.478 e. The first-order chi connectivity index (χ1) is 10.1. The summed E-state index contributed by atoms with van der Waals surface area (Å²) >= 11 is 0. The number of nitrogens with one attached hydrogen (secondary N) is 1. The number of hydrogen-bond donors (Lipinski definition) is 1. The van der Waals surface area contributed by atoms with Crippen molar-refractivity contribution in [3.8, 4) is 5.75 Å². The third-order valence-electron chi connectivity index (χ3n) is 3.14. The monoisotopic (exact) mass is 295 g/mol. The van der Waals surface area contributed by atoms with Crippen molar-refractivity contribution >= 4 is 0 Å². The van der Waals surface area contributed by atoms with Crippen LogP contribution in [0.2, 0.25) is 0 Å². The topological polar surface area (TPSA) is 60.2 Å². The Morgan fingerprint density at radius 3 is 2.62 bits per heavy atom. The van der Waals surface area contributed by atoms with Crippen molar-refractivity contribution in [2.45, 2.75) is 39.0 Å². The SMILES string of the molecule is Cc1noc(COc2c(F)cc(CNC3CC3)cc2F)n1. The molecule has 0 atom stereocenters. The minimum absolute atomic E-state index is 0.172. The number of aromatic nitrogens is 2. The summed E-state index contributed by atoms with van der Waals surface area (Å²) in [6.45, 7) is 1.92. The Hall–Kier alpha value is -2.02. The van der Waals surface area contributed by atoms with Crippen molar-refractivity contribution in [2.75, 3.05) is 0 Å². The first-order valence-corrected chi connectivity index (χ1v) is 6.75. The molecule has 0 aliphatic heterocycles. The van der Waals surface area contributed by atoms with Gasteiger partial charge in [-0.25, -0.2) is 8.78 Å².